The molecule has 17 heavy (non-hydrogen) atoms. The third-order valence-corrected chi connectivity index (χ3v) is 2.39. The molecule has 0 fully saturated rings. The van der Waals surface area contributed by atoms with Crippen molar-refractivity contribution in [1.29, 1.82) is 0 Å². The molecule has 2 aromatic carbocycles. The molecule has 86 valence electrons. The zero-order valence-corrected chi connectivity index (χ0v) is 8.72. The van der Waals surface area contributed by atoms with Crippen molar-refractivity contribution >= 4 is 5.97 Å². The van der Waals surface area contributed by atoms with Crippen LogP contribution in [-0.4, -0.2) is 16.2 Å². The summed E-state index contributed by atoms with van der Waals surface area (Å²) in [4.78, 5) is 10.8. The van der Waals surface area contributed by atoms with Crippen molar-refractivity contribution in [2.24, 2.45) is 0 Å². The van der Waals surface area contributed by atoms with Crippen LogP contribution in [0.2, 0.25) is 0 Å². The summed E-state index contributed by atoms with van der Waals surface area (Å²) in [6.07, 6.45) is 0. The van der Waals surface area contributed by atoms with Crippen molar-refractivity contribution in [2.45, 2.75) is 0 Å². The maximum atomic E-state index is 13.2. The second-order valence-corrected chi connectivity index (χ2v) is 3.55. The van der Waals surface area contributed by atoms with Gasteiger partial charge in [-0.3, -0.25) is 0 Å². The summed E-state index contributed by atoms with van der Waals surface area (Å²) in [5.74, 6) is -2.20. The molecule has 3 nitrogen and oxygen atoms in total. The highest BCUT2D eigenvalue weighted by molar-refractivity contribution is 5.89. The van der Waals surface area contributed by atoms with Crippen LogP contribution in [0.25, 0.3) is 11.1 Å². The first-order valence-corrected chi connectivity index (χ1v) is 4.90. The number of phenols is 1. The van der Waals surface area contributed by atoms with Crippen LogP contribution < -0.4 is 0 Å². The molecule has 0 radical (unpaired) electrons. The van der Waals surface area contributed by atoms with Gasteiger partial charge in [-0.2, -0.15) is 0 Å². The van der Waals surface area contributed by atoms with E-state index < -0.39 is 17.5 Å². The number of hydrogen-bond donors (Lipinski definition) is 2. The van der Waals surface area contributed by atoms with Gasteiger partial charge in [0.05, 0.1) is 5.56 Å². The molecule has 0 saturated carbocycles. The van der Waals surface area contributed by atoms with Gasteiger partial charge in [0.15, 0.2) is 11.6 Å². The third kappa shape index (κ3) is 2.25. The number of halogens is 1. The highest BCUT2D eigenvalue weighted by atomic mass is 19.1. The molecule has 0 bridgehead atoms. The Morgan fingerprint density at radius 1 is 1.06 bits per heavy atom. The monoisotopic (exact) mass is 232 g/mol. The Morgan fingerprint density at radius 2 is 1.76 bits per heavy atom. The molecule has 2 N–H and O–H groups in total. The fourth-order valence-corrected chi connectivity index (χ4v) is 1.52. The number of phenolic OH excluding ortho intramolecular Hbond substituents is 1. The number of aromatic hydroxyl groups is 1. The van der Waals surface area contributed by atoms with Gasteiger partial charge < -0.3 is 10.2 Å². The zero-order chi connectivity index (χ0) is 12.4. The number of aromatic carboxylic acids is 1. The average molecular weight is 232 g/mol. The summed E-state index contributed by atoms with van der Waals surface area (Å²) in [7, 11) is 0. The van der Waals surface area contributed by atoms with E-state index in [9.17, 15) is 9.18 Å². The molecule has 0 amide bonds. The molecule has 0 spiro atoms. The second kappa shape index (κ2) is 4.25. The first-order valence-electron chi connectivity index (χ1n) is 4.90. The molecule has 0 aliphatic rings. The maximum absolute atomic E-state index is 13.2. The first-order chi connectivity index (χ1) is 8.08. The lowest BCUT2D eigenvalue weighted by Gasteiger charge is -2.04. The van der Waals surface area contributed by atoms with Crippen LogP contribution in [0.1, 0.15) is 10.4 Å². The van der Waals surface area contributed by atoms with E-state index in [-0.39, 0.29) is 5.56 Å². The van der Waals surface area contributed by atoms with Gasteiger partial charge in [0.25, 0.3) is 0 Å². The molecule has 0 saturated heterocycles. The summed E-state index contributed by atoms with van der Waals surface area (Å²) in [6.45, 7) is 0. The van der Waals surface area contributed by atoms with E-state index in [4.69, 9.17) is 10.2 Å². The molecule has 4 heteroatoms. The number of benzene rings is 2. The second-order valence-electron chi connectivity index (χ2n) is 3.55. The topological polar surface area (TPSA) is 57.5 Å². The maximum Gasteiger partial charge on any atom is 0.335 e. The van der Waals surface area contributed by atoms with E-state index in [1.807, 2.05) is 0 Å². The van der Waals surface area contributed by atoms with Gasteiger partial charge in [0.2, 0.25) is 0 Å². The molecular formula is C13H9FO3. The summed E-state index contributed by atoms with van der Waals surface area (Å²) in [5.41, 5.74) is 1.24. The number of carbonyl (C=O) groups is 1. The van der Waals surface area contributed by atoms with E-state index >= 15 is 0 Å². The van der Waals surface area contributed by atoms with Crippen LogP contribution in [0, 0.1) is 5.82 Å². The van der Waals surface area contributed by atoms with Crippen LogP contribution in [-0.2, 0) is 0 Å². The highest BCUT2D eigenvalue weighted by Crippen LogP contribution is 2.25. The molecule has 0 aliphatic heterocycles. The Labute approximate surface area is 96.8 Å². The smallest absolute Gasteiger partial charge is 0.335 e. The normalized spacial score (nSPS) is 10.2. The highest BCUT2D eigenvalue weighted by Gasteiger charge is 2.07. The van der Waals surface area contributed by atoms with E-state index in [1.54, 1.807) is 12.1 Å². The van der Waals surface area contributed by atoms with Gasteiger partial charge in [0, 0.05) is 0 Å². The standard InChI is InChI=1S/C13H9FO3/c14-11-7-9(4-5-12(11)15)8-2-1-3-10(6-8)13(16)17/h1-7,15H,(H,16,17). The Morgan fingerprint density at radius 3 is 2.41 bits per heavy atom. The number of rotatable bonds is 2. The minimum Gasteiger partial charge on any atom is -0.505 e. The SMILES string of the molecule is O=C(O)c1cccc(-c2ccc(O)c(F)c2)c1. The number of hydrogen-bond acceptors (Lipinski definition) is 2. The van der Waals surface area contributed by atoms with Gasteiger partial charge in [-0.1, -0.05) is 18.2 Å². The summed E-state index contributed by atoms with van der Waals surface area (Å²) >= 11 is 0. The fraction of sp³-hybridized carbons (Fsp3) is 0. The minimum absolute atomic E-state index is 0.135. The van der Waals surface area contributed by atoms with Gasteiger partial charge >= 0.3 is 5.97 Å². The van der Waals surface area contributed by atoms with Gasteiger partial charge in [0.1, 0.15) is 0 Å². The van der Waals surface area contributed by atoms with Gasteiger partial charge in [-0.15, -0.1) is 0 Å². The van der Waals surface area contributed by atoms with E-state index in [1.165, 1.54) is 24.3 Å². The third-order valence-electron chi connectivity index (χ3n) is 2.39. The largest absolute Gasteiger partial charge is 0.505 e. The lowest BCUT2D eigenvalue weighted by molar-refractivity contribution is 0.0697. The van der Waals surface area contributed by atoms with Crippen LogP contribution in [0.3, 0.4) is 0 Å². The molecular weight excluding hydrogens is 223 g/mol. The van der Waals surface area contributed by atoms with E-state index in [0.717, 1.165) is 6.07 Å². The summed E-state index contributed by atoms with van der Waals surface area (Å²) in [6, 6.07) is 10.1. The molecule has 0 aliphatic carbocycles. The first kappa shape index (κ1) is 11.1. The van der Waals surface area contributed by atoms with Crippen molar-refractivity contribution in [2.75, 3.05) is 0 Å². The van der Waals surface area contributed by atoms with Crippen LogP contribution in [0.15, 0.2) is 42.5 Å². The van der Waals surface area contributed by atoms with Gasteiger partial charge in [-0.05, 0) is 35.4 Å². The average Bonchev–Trinajstić information content (AvgIpc) is 2.33. The Balaban J connectivity index is 2.49. The van der Waals surface area contributed by atoms with Crippen LogP contribution in [0.5, 0.6) is 5.75 Å². The Kier molecular flexibility index (Phi) is 2.78. The Bertz CT molecular complexity index is 579. The van der Waals surface area contributed by atoms with Crippen molar-refractivity contribution in [3.63, 3.8) is 0 Å². The molecule has 2 aromatic rings. The molecule has 0 heterocycles. The van der Waals surface area contributed by atoms with Crippen LogP contribution >= 0.6 is 0 Å². The lowest BCUT2D eigenvalue weighted by Crippen LogP contribution is -1.95. The Hall–Kier alpha value is -2.36. The van der Waals surface area contributed by atoms with Crippen molar-refractivity contribution < 1.29 is 19.4 Å². The number of carboxylic acids is 1. The zero-order valence-electron chi connectivity index (χ0n) is 8.72. The van der Waals surface area contributed by atoms with Gasteiger partial charge in [-0.25, -0.2) is 9.18 Å². The molecule has 0 atom stereocenters. The summed E-state index contributed by atoms with van der Waals surface area (Å²) in [5, 5.41) is 17.9. The predicted molar refractivity (Wildman–Crippen MR) is 60.5 cm³/mol. The van der Waals surface area contributed by atoms with Crippen molar-refractivity contribution in [1.82, 2.24) is 0 Å². The molecule has 0 aromatic heterocycles. The van der Waals surface area contributed by atoms with E-state index in [2.05, 4.69) is 0 Å². The molecule has 2 rings (SSSR count). The van der Waals surface area contributed by atoms with Crippen molar-refractivity contribution in [3.05, 3.63) is 53.8 Å². The molecule has 0 unspecified atom stereocenters. The fourth-order valence-electron chi connectivity index (χ4n) is 1.52. The predicted octanol–water partition coefficient (Wildman–Crippen LogP) is 2.90. The number of carboxylic acid groups (broad SMARTS) is 1. The summed E-state index contributed by atoms with van der Waals surface area (Å²) < 4.78 is 13.2. The minimum atomic E-state index is -1.04. The van der Waals surface area contributed by atoms with Crippen molar-refractivity contribution in [3.8, 4) is 16.9 Å². The van der Waals surface area contributed by atoms with Crippen LogP contribution in [0.4, 0.5) is 4.39 Å². The quantitative estimate of drug-likeness (QED) is 0.836. The van der Waals surface area contributed by atoms with E-state index in [0.29, 0.717) is 11.1 Å². The lowest BCUT2D eigenvalue weighted by atomic mass is 10.0.